The second-order valence-corrected chi connectivity index (χ2v) is 5.56. The fourth-order valence-corrected chi connectivity index (χ4v) is 2.72. The van der Waals surface area contributed by atoms with Crippen molar-refractivity contribution in [3.63, 3.8) is 0 Å². The summed E-state index contributed by atoms with van der Waals surface area (Å²) in [7, 11) is 0. The van der Waals surface area contributed by atoms with Gasteiger partial charge in [0.15, 0.2) is 0 Å². The van der Waals surface area contributed by atoms with E-state index in [0.29, 0.717) is 24.2 Å². The third kappa shape index (κ3) is 3.12. The van der Waals surface area contributed by atoms with Gasteiger partial charge in [0.25, 0.3) is 11.8 Å². The summed E-state index contributed by atoms with van der Waals surface area (Å²) in [4.78, 5) is 37.2. The lowest BCUT2D eigenvalue weighted by molar-refractivity contribution is -0.117. The maximum atomic E-state index is 12.3. The average Bonchev–Trinajstić information content (AvgIpc) is 3.01. The quantitative estimate of drug-likeness (QED) is 0.903. The number of rotatable bonds is 4. The van der Waals surface area contributed by atoms with Gasteiger partial charge < -0.3 is 16.0 Å². The molecule has 0 atom stereocenters. The van der Waals surface area contributed by atoms with Crippen LogP contribution in [0, 0.1) is 0 Å². The molecule has 0 aliphatic carbocycles. The first kappa shape index (κ1) is 15.7. The van der Waals surface area contributed by atoms with Gasteiger partial charge in [-0.3, -0.25) is 14.4 Å². The predicted molar refractivity (Wildman–Crippen MR) is 90.9 cm³/mol. The van der Waals surface area contributed by atoms with E-state index >= 15 is 0 Å². The number of para-hydroxylation sites is 1. The summed E-state index contributed by atoms with van der Waals surface area (Å²) in [6, 6.07) is 13.4. The zero-order valence-electron chi connectivity index (χ0n) is 13.0. The molecule has 0 radical (unpaired) electrons. The van der Waals surface area contributed by atoms with Gasteiger partial charge in [-0.15, -0.1) is 0 Å². The number of nitrogens with two attached hydrogens (primary N) is 1. The van der Waals surface area contributed by atoms with E-state index < -0.39 is 5.91 Å². The van der Waals surface area contributed by atoms with Crippen molar-refractivity contribution in [2.75, 3.05) is 16.8 Å². The Labute approximate surface area is 139 Å². The van der Waals surface area contributed by atoms with Crippen LogP contribution in [0.15, 0.2) is 48.5 Å². The van der Waals surface area contributed by atoms with Crippen LogP contribution in [-0.4, -0.2) is 24.3 Å². The monoisotopic (exact) mass is 323 g/mol. The van der Waals surface area contributed by atoms with E-state index in [9.17, 15) is 14.4 Å². The van der Waals surface area contributed by atoms with E-state index in [4.69, 9.17) is 5.73 Å². The molecule has 0 unspecified atom stereocenters. The molecule has 3 rings (SSSR count). The number of benzene rings is 2. The lowest BCUT2D eigenvalue weighted by atomic mass is 10.1. The molecule has 6 nitrogen and oxygen atoms in total. The molecule has 3 N–H and O–H groups in total. The number of primary amides is 1. The fraction of sp³-hybridized carbons (Fsp3) is 0.167. The minimum atomic E-state index is -0.603. The van der Waals surface area contributed by atoms with E-state index in [2.05, 4.69) is 5.32 Å². The van der Waals surface area contributed by atoms with Crippen molar-refractivity contribution in [1.82, 2.24) is 0 Å². The molecule has 0 saturated carbocycles. The zero-order chi connectivity index (χ0) is 17.1. The molecule has 122 valence electrons. The number of carbonyl (C=O) groups is 3. The Morgan fingerprint density at radius 1 is 1.04 bits per heavy atom. The first-order valence-corrected chi connectivity index (χ1v) is 7.67. The predicted octanol–water partition coefficient (Wildman–Crippen LogP) is 2.16. The van der Waals surface area contributed by atoms with Crippen LogP contribution in [0.1, 0.15) is 33.6 Å². The van der Waals surface area contributed by atoms with Crippen LogP contribution in [0.25, 0.3) is 0 Å². The molecular weight excluding hydrogens is 306 g/mol. The van der Waals surface area contributed by atoms with Crippen molar-refractivity contribution in [1.29, 1.82) is 0 Å². The first-order valence-electron chi connectivity index (χ1n) is 7.67. The Morgan fingerprint density at radius 2 is 1.75 bits per heavy atom. The molecule has 0 spiro atoms. The lowest BCUT2D eigenvalue weighted by Crippen LogP contribution is -2.23. The smallest absolute Gasteiger partial charge is 0.255 e. The molecule has 24 heavy (non-hydrogen) atoms. The van der Waals surface area contributed by atoms with Crippen molar-refractivity contribution in [2.45, 2.75) is 12.8 Å². The first-order chi connectivity index (χ1) is 11.6. The SMILES string of the molecule is NC(=O)c1ccccc1NC(=O)c1ccc(N2CCCC2=O)cc1. The van der Waals surface area contributed by atoms with Gasteiger partial charge in [0.05, 0.1) is 11.3 Å². The van der Waals surface area contributed by atoms with E-state index in [0.717, 1.165) is 12.1 Å². The summed E-state index contributed by atoms with van der Waals surface area (Å²) in [5, 5.41) is 2.69. The molecule has 3 amide bonds. The zero-order valence-corrected chi connectivity index (χ0v) is 13.0. The second-order valence-electron chi connectivity index (χ2n) is 5.56. The van der Waals surface area contributed by atoms with Gasteiger partial charge in [-0.2, -0.15) is 0 Å². The van der Waals surface area contributed by atoms with Crippen LogP contribution in [0.5, 0.6) is 0 Å². The number of nitrogens with zero attached hydrogens (tertiary/aromatic N) is 1. The van der Waals surface area contributed by atoms with Gasteiger partial charge >= 0.3 is 0 Å². The Morgan fingerprint density at radius 3 is 2.38 bits per heavy atom. The normalized spacial score (nSPS) is 13.8. The Kier molecular flexibility index (Phi) is 4.29. The van der Waals surface area contributed by atoms with E-state index in [1.54, 1.807) is 53.4 Å². The van der Waals surface area contributed by atoms with Crippen molar-refractivity contribution < 1.29 is 14.4 Å². The van der Waals surface area contributed by atoms with E-state index in [1.807, 2.05) is 0 Å². The Balaban J connectivity index is 1.76. The topological polar surface area (TPSA) is 92.5 Å². The number of anilines is 2. The molecule has 0 aromatic heterocycles. The van der Waals surface area contributed by atoms with Gasteiger partial charge in [0, 0.05) is 24.2 Å². The highest BCUT2D eigenvalue weighted by atomic mass is 16.2. The van der Waals surface area contributed by atoms with Crippen LogP contribution in [0.2, 0.25) is 0 Å². The van der Waals surface area contributed by atoms with Crippen molar-refractivity contribution >= 4 is 29.1 Å². The standard InChI is InChI=1S/C18H17N3O3/c19-17(23)14-4-1-2-5-15(14)20-18(24)12-7-9-13(10-8-12)21-11-3-6-16(21)22/h1-2,4-5,7-10H,3,6,11H2,(H2,19,23)(H,20,24). The third-order valence-electron chi connectivity index (χ3n) is 3.96. The summed E-state index contributed by atoms with van der Waals surface area (Å²) >= 11 is 0. The number of carbonyl (C=O) groups excluding carboxylic acids is 3. The highest BCUT2D eigenvalue weighted by Gasteiger charge is 2.21. The van der Waals surface area contributed by atoms with E-state index in [1.165, 1.54) is 0 Å². The summed E-state index contributed by atoms with van der Waals surface area (Å²) in [6.07, 6.45) is 1.41. The molecule has 1 saturated heterocycles. The summed E-state index contributed by atoms with van der Waals surface area (Å²) < 4.78 is 0. The van der Waals surface area contributed by atoms with Gasteiger partial charge in [-0.05, 0) is 42.8 Å². The molecule has 1 fully saturated rings. The molecular formula is C18H17N3O3. The molecule has 1 aliphatic heterocycles. The summed E-state index contributed by atoms with van der Waals surface area (Å²) in [5.41, 5.74) is 7.15. The Hall–Kier alpha value is -3.15. The number of nitrogens with one attached hydrogen (secondary N) is 1. The maximum Gasteiger partial charge on any atom is 0.255 e. The van der Waals surface area contributed by atoms with Crippen molar-refractivity contribution in [3.05, 3.63) is 59.7 Å². The fourth-order valence-electron chi connectivity index (χ4n) is 2.72. The molecule has 0 bridgehead atoms. The van der Waals surface area contributed by atoms with Crippen molar-refractivity contribution in [3.8, 4) is 0 Å². The maximum absolute atomic E-state index is 12.3. The van der Waals surface area contributed by atoms with Gasteiger partial charge in [0.2, 0.25) is 5.91 Å². The lowest BCUT2D eigenvalue weighted by Gasteiger charge is -2.16. The molecule has 2 aromatic rings. The second kappa shape index (κ2) is 6.54. The number of hydrogen-bond donors (Lipinski definition) is 2. The summed E-state index contributed by atoms with van der Waals surface area (Å²) in [6.45, 7) is 0.705. The highest BCUT2D eigenvalue weighted by Crippen LogP contribution is 2.22. The third-order valence-corrected chi connectivity index (χ3v) is 3.96. The molecule has 2 aromatic carbocycles. The van der Waals surface area contributed by atoms with Gasteiger partial charge in [0.1, 0.15) is 0 Å². The van der Waals surface area contributed by atoms with Crippen molar-refractivity contribution in [2.24, 2.45) is 5.73 Å². The van der Waals surface area contributed by atoms with Crippen LogP contribution in [0.3, 0.4) is 0 Å². The van der Waals surface area contributed by atoms with E-state index in [-0.39, 0.29) is 17.4 Å². The minimum absolute atomic E-state index is 0.0996. The van der Waals surface area contributed by atoms with Crippen LogP contribution >= 0.6 is 0 Å². The van der Waals surface area contributed by atoms with Crippen LogP contribution in [0.4, 0.5) is 11.4 Å². The van der Waals surface area contributed by atoms with Crippen LogP contribution < -0.4 is 16.0 Å². The minimum Gasteiger partial charge on any atom is -0.366 e. The highest BCUT2D eigenvalue weighted by molar-refractivity contribution is 6.09. The number of hydrogen-bond acceptors (Lipinski definition) is 3. The Bertz CT molecular complexity index is 799. The van der Waals surface area contributed by atoms with Gasteiger partial charge in [-0.25, -0.2) is 0 Å². The average molecular weight is 323 g/mol. The number of amides is 3. The largest absolute Gasteiger partial charge is 0.366 e. The van der Waals surface area contributed by atoms with Gasteiger partial charge in [-0.1, -0.05) is 12.1 Å². The summed E-state index contributed by atoms with van der Waals surface area (Å²) in [5.74, 6) is -0.848. The molecule has 6 heteroatoms. The molecule has 1 heterocycles. The van der Waals surface area contributed by atoms with Crippen LogP contribution in [-0.2, 0) is 4.79 Å². The molecule has 1 aliphatic rings.